The van der Waals surface area contributed by atoms with E-state index in [0.717, 1.165) is 0 Å². The van der Waals surface area contributed by atoms with Crippen molar-refractivity contribution in [1.29, 1.82) is 0 Å². The molecule has 0 spiro atoms. The summed E-state index contributed by atoms with van der Waals surface area (Å²) >= 11 is 0. The van der Waals surface area contributed by atoms with Crippen molar-refractivity contribution in [3.05, 3.63) is 90.1 Å². The quantitative estimate of drug-likeness (QED) is 0.717. The molecule has 1 heterocycles. The minimum Gasteiger partial charge on any atom is -0.439 e. The fourth-order valence-electron chi connectivity index (χ4n) is 2.36. The van der Waals surface area contributed by atoms with Gasteiger partial charge in [-0.25, -0.2) is 4.98 Å². The zero-order chi connectivity index (χ0) is 18.4. The zero-order valence-electron chi connectivity index (χ0n) is 13.8. The summed E-state index contributed by atoms with van der Waals surface area (Å²) in [4.78, 5) is 28.2. The van der Waals surface area contributed by atoms with Crippen LogP contribution in [0.1, 0.15) is 22.0 Å². The van der Waals surface area contributed by atoms with Crippen LogP contribution in [0, 0.1) is 0 Å². The minimum absolute atomic E-state index is 0.299. The molecule has 6 heteroatoms. The molecule has 0 aliphatic heterocycles. The van der Waals surface area contributed by atoms with Crippen molar-refractivity contribution >= 4 is 11.8 Å². The first kappa shape index (κ1) is 17.2. The predicted octanol–water partition coefficient (Wildman–Crippen LogP) is 2.83. The average molecular weight is 347 g/mol. The Balaban J connectivity index is 1.70. The topological polar surface area (TPSA) is 94.3 Å². The third-order valence-electron chi connectivity index (χ3n) is 3.66. The number of para-hydroxylation sites is 1. The normalized spacial score (nSPS) is 11.4. The van der Waals surface area contributed by atoms with Gasteiger partial charge in [-0.05, 0) is 23.8 Å². The number of rotatable bonds is 6. The summed E-state index contributed by atoms with van der Waals surface area (Å²) in [7, 11) is 0. The maximum Gasteiger partial charge on any atom is 0.253 e. The van der Waals surface area contributed by atoms with Crippen LogP contribution < -0.4 is 15.8 Å². The molecule has 0 unspecified atom stereocenters. The summed E-state index contributed by atoms with van der Waals surface area (Å²) in [6, 6.07) is 20.3. The second kappa shape index (κ2) is 7.94. The molecule has 6 nitrogen and oxygen atoms in total. The molecule has 1 aromatic heterocycles. The number of benzene rings is 2. The van der Waals surface area contributed by atoms with Gasteiger partial charge in [-0.15, -0.1) is 0 Å². The highest BCUT2D eigenvalue weighted by molar-refractivity contribution is 5.97. The predicted molar refractivity (Wildman–Crippen MR) is 96.6 cm³/mol. The Morgan fingerprint density at radius 2 is 1.58 bits per heavy atom. The molecular formula is C20H17N3O3. The fraction of sp³-hybridized carbons (Fsp3) is 0.0500. The van der Waals surface area contributed by atoms with Crippen LogP contribution in [0.5, 0.6) is 11.6 Å². The number of nitrogens with zero attached hydrogens (tertiary/aromatic N) is 1. The van der Waals surface area contributed by atoms with Crippen molar-refractivity contribution < 1.29 is 14.3 Å². The molecule has 130 valence electrons. The average Bonchev–Trinajstić information content (AvgIpc) is 2.68. The number of pyridine rings is 1. The summed E-state index contributed by atoms with van der Waals surface area (Å²) in [5, 5.41) is 2.62. The molecule has 3 aromatic rings. The van der Waals surface area contributed by atoms with Gasteiger partial charge in [0.2, 0.25) is 11.8 Å². The van der Waals surface area contributed by atoms with Crippen molar-refractivity contribution in [1.82, 2.24) is 10.3 Å². The molecule has 0 aliphatic carbocycles. The third-order valence-corrected chi connectivity index (χ3v) is 3.66. The molecular weight excluding hydrogens is 330 g/mol. The van der Waals surface area contributed by atoms with E-state index in [1.807, 2.05) is 24.3 Å². The number of nitrogens with one attached hydrogen (secondary N) is 1. The maximum absolute atomic E-state index is 12.4. The van der Waals surface area contributed by atoms with Gasteiger partial charge in [0.05, 0.1) is 5.56 Å². The maximum atomic E-state index is 12.4. The molecule has 0 aliphatic rings. The van der Waals surface area contributed by atoms with Crippen molar-refractivity contribution in [2.75, 3.05) is 0 Å². The van der Waals surface area contributed by atoms with Crippen molar-refractivity contribution in [3.8, 4) is 11.6 Å². The number of amides is 2. The number of aromatic nitrogens is 1. The second-order valence-electron chi connectivity index (χ2n) is 5.52. The molecule has 2 amide bonds. The van der Waals surface area contributed by atoms with Crippen LogP contribution >= 0.6 is 0 Å². The van der Waals surface area contributed by atoms with E-state index in [0.29, 0.717) is 22.8 Å². The summed E-state index contributed by atoms with van der Waals surface area (Å²) in [5.41, 5.74) is 6.33. The van der Waals surface area contributed by atoms with Gasteiger partial charge >= 0.3 is 0 Å². The Bertz CT molecular complexity index is 881. The molecule has 0 fully saturated rings. The lowest BCUT2D eigenvalue weighted by molar-refractivity contribution is -0.120. The number of hydrogen-bond acceptors (Lipinski definition) is 4. The highest BCUT2D eigenvalue weighted by atomic mass is 16.5. The van der Waals surface area contributed by atoms with Gasteiger partial charge in [0, 0.05) is 12.3 Å². The van der Waals surface area contributed by atoms with Crippen molar-refractivity contribution in [3.63, 3.8) is 0 Å². The number of ether oxygens (including phenoxy) is 1. The van der Waals surface area contributed by atoms with Crippen LogP contribution in [-0.2, 0) is 4.79 Å². The first-order chi connectivity index (χ1) is 12.6. The lowest BCUT2D eigenvalue weighted by Gasteiger charge is -2.15. The van der Waals surface area contributed by atoms with Crippen LogP contribution in [-0.4, -0.2) is 16.8 Å². The van der Waals surface area contributed by atoms with Crippen LogP contribution in [0.3, 0.4) is 0 Å². The molecule has 0 bridgehead atoms. The Morgan fingerprint density at radius 3 is 2.15 bits per heavy atom. The second-order valence-corrected chi connectivity index (χ2v) is 5.52. The number of hydrogen-bond donors (Lipinski definition) is 2. The van der Waals surface area contributed by atoms with Crippen LogP contribution in [0.15, 0.2) is 79.0 Å². The van der Waals surface area contributed by atoms with Crippen LogP contribution in [0.25, 0.3) is 0 Å². The SMILES string of the molecule is NC(=O)[C@@H](NC(=O)c1ccc(Oc2ccccc2)nc1)c1ccccc1. The minimum atomic E-state index is -0.913. The molecule has 26 heavy (non-hydrogen) atoms. The van der Waals surface area contributed by atoms with E-state index in [4.69, 9.17) is 10.5 Å². The third kappa shape index (κ3) is 4.24. The largest absolute Gasteiger partial charge is 0.439 e. The van der Waals surface area contributed by atoms with E-state index < -0.39 is 17.9 Å². The Morgan fingerprint density at radius 1 is 0.923 bits per heavy atom. The van der Waals surface area contributed by atoms with E-state index in [-0.39, 0.29) is 0 Å². The number of carbonyl (C=O) groups is 2. The molecule has 3 N–H and O–H groups in total. The summed E-state index contributed by atoms with van der Waals surface area (Å²) in [6.07, 6.45) is 1.39. The van der Waals surface area contributed by atoms with E-state index in [1.54, 1.807) is 48.5 Å². The summed E-state index contributed by atoms with van der Waals surface area (Å²) < 4.78 is 5.58. The molecule has 2 aromatic carbocycles. The summed E-state index contributed by atoms with van der Waals surface area (Å²) in [5.74, 6) is -0.0738. The highest BCUT2D eigenvalue weighted by Crippen LogP contribution is 2.19. The number of nitrogens with two attached hydrogens (primary N) is 1. The van der Waals surface area contributed by atoms with E-state index in [2.05, 4.69) is 10.3 Å². The van der Waals surface area contributed by atoms with E-state index >= 15 is 0 Å². The van der Waals surface area contributed by atoms with Gasteiger partial charge in [-0.1, -0.05) is 48.5 Å². The molecule has 0 saturated heterocycles. The van der Waals surface area contributed by atoms with Crippen LogP contribution in [0.2, 0.25) is 0 Å². The molecule has 0 saturated carbocycles. The standard InChI is InChI=1S/C20H17N3O3/c21-19(24)18(14-7-3-1-4-8-14)23-20(25)15-11-12-17(22-13-15)26-16-9-5-2-6-10-16/h1-13,18H,(H2,21,24)(H,23,25)/t18-/m0/s1. The lowest BCUT2D eigenvalue weighted by Crippen LogP contribution is -2.37. The van der Waals surface area contributed by atoms with Gasteiger partial charge in [0.15, 0.2) is 0 Å². The van der Waals surface area contributed by atoms with Gasteiger partial charge in [0.1, 0.15) is 11.8 Å². The fourth-order valence-corrected chi connectivity index (χ4v) is 2.36. The molecule has 0 radical (unpaired) electrons. The summed E-state index contributed by atoms with van der Waals surface area (Å²) in [6.45, 7) is 0. The van der Waals surface area contributed by atoms with Gasteiger partial charge < -0.3 is 15.8 Å². The Hall–Kier alpha value is -3.67. The van der Waals surface area contributed by atoms with E-state index in [1.165, 1.54) is 6.20 Å². The monoisotopic (exact) mass is 347 g/mol. The first-order valence-corrected chi connectivity index (χ1v) is 7.97. The van der Waals surface area contributed by atoms with Gasteiger partial charge in [-0.2, -0.15) is 0 Å². The number of primary amides is 1. The van der Waals surface area contributed by atoms with Gasteiger partial charge in [-0.3, -0.25) is 9.59 Å². The lowest BCUT2D eigenvalue weighted by atomic mass is 10.1. The van der Waals surface area contributed by atoms with Crippen molar-refractivity contribution in [2.45, 2.75) is 6.04 Å². The first-order valence-electron chi connectivity index (χ1n) is 7.97. The van der Waals surface area contributed by atoms with Gasteiger partial charge in [0.25, 0.3) is 5.91 Å². The molecule has 1 atom stereocenters. The zero-order valence-corrected chi connectivity index (χ0v) is 13.8. The Kier molecular flexibility index (Phi) is 5.24. The van der Waals surface area contributed by atoms with E-state index in [9.17, 15) is 9.59 Å². The number of carbonyl (C=O) groups excluding carboxylic acids is 2. The van der Waals surface area contributed by atoms with Crippen LogP contribution in [0.4, 0.5) is 0 Å². The van der Waals surface area contributed by atoms with Crippen molar-refractivity contribution in [2.24, 2.45) is 5.73 Å². The smallest absolute Gasteiger partial charge is 0.253 e. The Labute approximate surface area is 150 Å². The highest BCUT2D eigenvalue weighted by Gasteiger charge is 2.20. The molecule has 3 rings (SSSR count).